The highest BCUT2D eigenvalue weighted by molar-refractivity contribution is 5.95. The zero-order valence-electron chi connectivity index (χ0n) is 14.0. The van der Waals surface area contributed by atoms with Crippen molar-refractivity contribution in [2.45, 2.75) is 33.1 Å². The maximum Gasteiger partial charge on any atom is 0.387 e. The fourth-order valence-electron chi connectivity index (χ4n) is 1.85. The summed E-state index contributed by atoms with van der Waals surface area (Å²) in [6, 6.07) is 2.34. The van der Waals surface area contributed by atoms with Gasteiger partial charge in [0.1, 0.15) is 17.5 Å². The van der Waals surface area contributed by atoms with Crippen molar-refractivity contribution in [3.63, 3.8) is 0 Å². The van der Waals surface area contributed by atoms with Gasteiger partial charge in [-0.05, 0) is 32.1 Å². The van der Waals surface area contributed by atoms with Crippen LogP contribution in [0, 0.1) is 0 Å². The number of rotatable bonds is 9. The Morgan fingerprint density at radius 2 is 1.81 bits per heavy atom. The minimum absolute atomic E-state index is 0.0349. The van der Waals surface area contributed by atoms with Gasteiger partial charge in [0, 0.05) is 24.3 Å². The van der Waals surface area contributed by atoms with Crippen molar-refractivity contribution in [3.05, 3.63) is 29.8 Å². The van der Waals surface area contributed by atoms with E-state index >= 15 is 0 Å². The Kier molecular flexibility index (Phi) is 8.40. The molecule has 0 fully saturated rings. The first-order valence-electron chi connectivity index (χ1n) is 7.52. The number of hydrogen-bond acceptors (Lipinski definition) is 4. The van der Waals surface area contributed by atoms with Crippen LogP contribution < -0.4 is 20.1 Å². The Hall–Kier alpha value is -2.78. The van der Waals surface area contributed by atoms with Crippen LogP contribution in [-0.4, -0.2) is 37.6 Å². The quantitative estimate of drug-likeness (QED) is 0.512. The summed E-state index contributed by atoms with van der Waals surface area (Å²) >= 11 is 0. The minimum Gasteiger partial charge on any atom is -0.435 e. The van der Waals surface area contributed by atoms with E-state index in [4.69, 9.17) is 0 Å². The van der Waals surface area contributed by atoms with Gasteiger partial charge in [0.15, 0.2) is 0 Å². The van der Waals surface area contributed by atoms with Gasteiger partial charge >= 0.3 is 13.2 Å². The van der Waals surface area contributed by atoms with Gasteiger partial charge in [0.05, 0.1) is 0 Å². The summed E-state index contributed by atoms with van der Waals surface area (Å²) in [6.45, 7) is -2.74. The fraction of sp³-hybridized carbons (Fsp3) is 0.375. The van der Waals surface area contributed by atoms with Crippen LogP contribution in [0.2, 0.25) is 0 Å². The first-order valence-corrected chi connectivity index (χ1v) is 7.52. The van der Waals surface area contributed by atoms with Crippen molar-refractivity contribution in [3.8, 4) is 11.5 Å². The van der Waals surface area contributed by atoms with E-state index in [-0.39, 0.29) is 17.2 Å². The third-order valence-electron chi connectivity index (χ3n) is 2.94. The average Bonchev–Trinajstić information content (AvgIpc) is 2.53. The number of amides is 2. The second-order valence-electron chi connectivity index (χ2n) is 4.91. The number of hydrogen-bond donors (Lipinski definition) is 2. The van der Waals surface area contributed by atoms with Gasteiger partial charge in [-0.15, -0.1) is 0 Å². The van der Waals surface area contributed by atoms with Crippen LogP contribution in [0.15, 0.2) is 24.3 Å². The van der Waals surface area contributed by atoms with Crippen LogP contribution in [-0.2, 0) is 9.59 Å². The highest BCUT2D eigenvalue weighted by atomic mass is 19.3. The van der Waals surface area contributed by atoms with E-state index in [1.54, 1.807) is 6.92 Å². The molecule has 0 saturated carbocycles. The molecule has 0 aliphatic rings. The van der Waals surface area contributed by atoms with E-state index in [0.29, 0.717) is 6.54 Å². The number of carbonyl (C=O) groups excluding carboxylic acids is 2. The second kappa shape index (κ2) is 10.3. The summed E-state index contributed by atoms with van der Waals surface area (Å²) < 4.78 is 57.7. The summed E-state index contributed by atoms with van der Waals surface area (Å²) in [6.07, 6.45) is 2.14. The zero-order chi connectivity index (χ0) is 19.7. The molecular formula is C16H18F4N2O4. The van der Waals surface area contributed by atoms with Crippen LogP contribution in [0.5, 0.6) is 11.5 Å². The lowest BCUT2D eigenvalue weighted by molar-refractivity contribution is -0.126. The highest BCUT2D eigenvalue weighted by Gasteiger charge is 2.14. The van der Waals surface area contributed by atoms with Crippen LogP contribution in [0.3, 0.4) is 0 Å². The Labute approximate surface area is 147 Å². The van der Waals surface area contributed by atoms with Crippen molar-refractivity contribution < 1.29 is 36.6 Å². The van der Waals surface area contributed by atoms with Gasteiger partial charge in [0.2, 0.25) is 11.8 Å². The second-order valence-corrected chi connectivity index (χ2v) is 4.91. The van der Waals surface area contributed by atoms with E-state index in [1.807, 2.05) is 0 Å². The molecule has 2 N–H and O–H groups in total. The molecule has 10 heteroatoms. The standard InChI is InChI=1S/C16H18F4N2O4/c1-3-21-14(24)9(2)22-13(23)7-5-10-4-6-11(25-15(17)18)8-12(10)26-16(19)20/h4-9,15-16H,3H2,1-2H3,(H,21,24)(H,22,23)/b7-5+/t9-/m0/s1. The van der Waals surface area contributed by atoms with E-state index in [2.05, 4.69) is 20.1 Å². The maximum atomic E-state index is 12.5. The summed E-state index contributed by atoms with van der Waals surface area (Å²) in [5, 5.41) is 4.90. The molecule has 0 spiro atoms. The van der Waals surface area contributed by atoms with E-state index < -0.39 is 30.9 Å². The van der Waals surface area contributed by atoms with Crippen LogP contribution in [0.1, 0.15) is 19.4 Å². The molecule has 26 heavy (non-hydrogen) atoms. The van der Waals surface area contributed by atoms with Gasteiger partial charge in [-0.25, -0.2) is 0 Å². The molecule has 0 unspecified atom stereocenters. The Morgan fingerprint density at radius 1 is 1.15 bits per heavy atom. The molecule has 0 aliphatic carbocycles. The van der Waals surface area contributed by atoms with Crippen molar-refractivity contribution in [1.82, 2.24) is 10.6 Å². The van der Waals surface area contributed by atoms with E-state index in [0.717, 1.165) is 24.3 Å². The number of carbonyl (C=O) groups is 2. The normalized spacial score (nSPS) is 12.3. The fourth-order valence-corrected chi connectivity index (χ4v) is 1.85. The SMILES string of the molecule is CCNC(=O)[C@H](C)NC(=O)/C=C/c1ccc(OC(F)F)cc1OC(F)F. The first kappa shape index (κ1) is 21.3. The molecule has 0 bridgehead atoms. The Balaban J connectivity index is 2.87. The van der Waals surface area contributed by atoms with Crippen LogP contribution in [0.4, 0.5) is 17.6 Å². The largest absolute Gasteiger partial charge is 0.435 e. The third-order valence-corrected chi connectivity index (χ3v) is 2.94. The Bertz CT molecular complexity index is 653. The first-order chi connectivity index (χ1) is 12.2. The average molecular weight is 378 g/mol. The molecule has 2 amide bonds. The van der Waals surface area contributed by atoms with Crippen LogP contribution >= 0.6 is 0 Å². The predicted octanol–water partition coefficient (Wildman–Crippen LogP) is 2.54. The maximum absolute atomic E-state index is 12.5. The van der Waals surface area contributed by atoms with Gasteiger partial charge < -0.3 is 20.1 Å². The lowest BCUT2D eigenvalue weighted by atomic mass is 10.1. The highest BCUT2D eigenvalue weighted by Crippen LogP contribution is 2.28. The van der Waals surface area contributed by atoms with Gasteiger partial charge in [-0.2, -0.15) is 17.6 Å². The van der Waals surface area contributed by atoms with Gasteiger partial charge in [-0.1, -0.05) is 0 Å². The summed E-state index contributed by atoms with van der Waals surface area (Å²) in [4.78, 5) is 23.3. The molecule has 6 nitrogen and oxygen atoms in total. The third kappa shape index (κ3) is 7.41. The molecule has 1 aromatic rings. The topological polar surface area (TPSA) is 76.7 Å². The molecule has 1 aromatic carbocycles. The molecule has 0 aromatic heterocycles. The molecule has 0 saturated heterocycles. The Morgan fingerprint density at radius 3 is 2.38 bits per heavy atom. The van der Waals surface area contributed by atoms with Crippen molar-refractivity contribution in [1.29, 1.82) is 0 Å². The minimum atomic E-state index is -3.20. The molecule has 1 rings (SSSR count). The number of alkyl halides is 4. The summed E-state index contributed by atoms with van der Waals surface area (Å²) in [5.41, 5.74) is 0.0349. The molecular weight excluding hydrogens is 360 g/mol. The zero-order valence-corrected chi connectivity index (χ0v) is 14.0. The summed E-state index contributed by atoms with van der Waals surface area (Å²) in [5.74, 6) is -1.86. The van der Waals surface area contributed by atoms with Gasteiger partial charge in [0.25, 0.3) is 0 Å². The van der Waals surface area contributed by atoms with Gasteiger partial charge in [-0.3, -0.25) is 9.59 Å². The molecule has 0 heterocycles. The number of halogens is 4. The number of benzene rings is 1. The smallest absolute Gasteiger partial charge is 0.387 e. The molecule has 144 valence electrons. The predicted molar refractivity (Wildman–Crippen MR) is 85.0 cm³/mol. The number of ether oxygens (including phenoxy) is 2. The van der Waals surface area contributed by atoms with E-state index in [1.165, 1.54) is 13.0 Å². The van der Waals surface area contributed by atoms with Crippen molar-refractivity contribution in [2.24, 2.45) is 0 Å². The van der Waals surface area contributed by atoms with Crippen molar-refractivity contribution >= 4 is 17.9 Å². The summed E-state index contributed by atoms with van der Waals surface area (Å²) in [7, 11) is 0. The molecule has 0 radical (unpaired) electrons. The van der Waals surface area contributed by atoms with Crippen molar-refractivity contribution in [2.75, 3.05) is 6.54 Å². The van der Waals surface area contributed by atoms with Crippen LogP contribution in [0.25, 0.3) is 6.08 Å². The lowest BCUT2D eigenvalue weighted by Gasteiger charge is -2.12. The molecule has 0 aliphatic heterocycles. The monoisotopic (exact) mass is 378 g/mol. The van der Waals surface area contributed by atoms with E-state index in [9.17, 15) is 27.2 Å². The number of likely N-dealkylation sites (N-methyl/N-ethyl adjacent to an activating group) is 1. The lowest BCUT2D eigenvalue weighted by Crippen LogP contribution is -2.44. The molecule has 1 atom stereocenters. The number of nitrogens with one attached hydrogen (secondary N) is 2.